The SMILES string of the molecule is CCCCCCCCCC1OC1CC1OC1CC=CCC=CCCCC(=O)O. The third kappa shape index (κ3) is 11.0. The number of carboxylic acid groups (broad SMARTS) is 1. The summed E-state index contributed by atoms with van der Waals surface area (Å²) in [7, 11) is 0. The number of hydrogen-bond donors (Lipinski definition) is 1. The van der Waals surface area contributed by atoms with E-state index in [4.69, 9.17) is 14.6 Å². The van der Waals surface area contributed by atoms with E-state index in [-0.39, 0.29) is 6.42 Å². The van der Waals surface area contributed by atoms with E-state index in [1.807, 2.05) is 0 Å². The molecule has 0 saturated carbocycles. The van der Waals surface area contributed by atoms with E-state index in [1.165, 1.54) is 51.4 Å². The number of aliphatic carboxylic acids is 1. The van der Waals surface area contributed by atoms with Crippen molar-refractivity contribution in [3.63, 3.8) is 0 Å². The van der Waals surface area contributed by atoms with E-state index in [9.17, 15) is 4.79 Å². The van der Waals surface area contributed by atoms with Crippen LogP contribution in [0.4, 0.5) is 0 Å². The van der Waals surface area contributed by atoms with Crippen molar-refractivity contribution in [2.45, 2.75) is 121 Å². The summed E-state index contributed by atoms with van der Waals surface area (Å²) in [6.45, 7) is 2.27. The molecule has 28 heavy (non-hydrogen) atoms. The lowest BCUT2D eigenvalue weighted by atomic mass is 10.0. The number of ether oxygens (including phenoxy) is 2. The normalized spacial score (nSPS) is 26.3. The van der Waals surface area contributed by atoms with Gasteiger partial charge in [-0.2, -0.15) is 0 Å². The molecule has 4 heteroatoms. The maximum absolute atomic E-state index is 10.4. The second-order valence-electron chi connectivity index (χ2n) is 8.27. The molecule has 0 aromatic carbocycles. The average Bonchev–Trinajstić information content (AvgIpc) is 3.58. The van der Waals surface area contributed by atoms with Gasteiger partial charge in [0.05, 0.1) is 24.4 Å². The molecule has 2 saturated heterocycles. The Kier molecular flexibility index (Phi) is 11.5. The van der Waals surface area contributed by atoms with E-state index < -0.39 is 5.97 Å². The van der Waals surface area contributed by atoms with Crippen molar-refractivity contribution in [1.29, 1.82) is 0 Å². The van der Waals surface area contributed by atoms with Gasteiger partial charge in [-0.25, -0.2) is 0 Å². The summed E-state index contributed by atoms with van der Waals surface area (Å²) in [4.78, 5) is 10.4. The molecule has 0 amide bonds. The maximum Gasteiger partial charge on any atom is 0.303 e. The van der Waals surface area contributed by atoms with Gasteiger partial charge in [0, 0.05) is 12.8 Å². The summed E-state index contributed by atoms with van der Waals surface area (Å²) in [5.41, 5.74) is 0. The zero-order valence-electron chi connectivity index (χ0n) is 17.7. The van der Waals surface area contributed by atoms with E-state index in [0.717, 1.165) is 32.1 Å². The van der Waals surface area contributed by atoms with Gasteiger partial charge in [0.1, 0.15) is 0 Å². The van der Waals surface area contributed by atoms with Crippen LogP contribution < -0.4 is 0 Å². The molecule has 0 aromatic rings. The second-order valence-corrected chi connectivity index (χ2v) is 8.27. The van der Waals surface area contributed by atoms with Crippen LogP contribution in [0.1, 0.15) is 96.8 Å². The minimum absolute atomic E-state index is 0.255. The predicted molar refractivity (Wildman–Crippen MR) is 114 cm³/mol. The quantitative estimate of drug-likeness (QED) is 0.171. The molecule has 0 spiro atoms. The van der Waals surface area contributed by atoms with Crippen molar-refractivity contribution in [3.05, 3.63) is 24.3 Å². The topological polar surface area (TPSA) is 62.4 Å². The molecule has 2 heterocycles. The first kappa shape index (κ1) is 23.2. The highest BCUT2D eigenvalue weighted by Crippen LogP contribution is 2.38. The van der Waals surface area contributed by atoms with Crippen LogP contribution in [-0.2, 0) is 14.3 Å². The molecular formula is C24H40O4. The standard InChI is InChI=1S/C24H40O4/c1-2-3-4-5-7-10-13-16-20-22(27-20)19-23-21(28-23)17-14-11-8-6-9-12-15-18-24(25)26/h6,9,11,14,20-23H,2-5,7-8,10,12-13,15-19H2,1H3,(H,25,26). The maximum atomic E-state index is 10.4. The fourth-order valence-corrected chi connectivity index (χ4v) is 3.76. The predicted octanol–water partition coefficient (Wildman–Crippen LogP) is 6.20. The number of hydrogen-bond acceptors (Lipinski definition) is 3. The molecule has 0 aromatic heterocycles. The van der Waals surface area contributed by atoms with Crippen LogP contribution in [0.25, 0.3) is 0 Å². The number of epoxide rings is 2. The summed E-state index contributed by atoms with van der Waals surface area (Å²) in [5.74, 6) is -0.715. The van der Waals surface area contributed by atoms with Crippen molar-refractivity contribution < 1.29 is 19.4 Å². The third-order valence-electron chi connectivity index (χ3n) is 5.67. The molecule has 0 radical (unpaired) electrons. The lowest BCUT2D eigenvalue weighted by Crippen LogP contribution is -2.01. The number of carbonyl (C=O) groups is 1. The van der Waals surface area contributed by atoms with Gasteiger partial charge in [-0.3, -0.25) is 4.79 Å². The van der Waals surface area contributed by atoms with Crippen molar-refractivity contribution in [2.75, 3.05) is 0 Å². The monoisotopic (exact) mass is 392 g/mol. The molecular weight excluding hydrogens is 352 g/mol. The van der Waals surface area contributed by atoms with Gasteiger partial charge in [0.2, 0.25) is 0 Å². The van der Waals surface area contributed by atoms with Gasteiger partial charge in [0.25, 0.3) is 0 Å². The molecule has 0 aliphatic carbocycles. The largest absolute Gasteiger partial charge is 0.481 e. The highest BCUT2D eigenvalue weighted by Gasteiger charge is 2.47. The van der Waals surface area contributed by atoms with Crippen LogP contribution in [0.5, 0.6) is 0 Å². The molecule has 160 valence electrons. The molecule has 1 N–H and O–H groups in total. The van der Waals surface area contributed by atoms with Gasteiger partial charge in [-0.05, 0) is 32.1 Å². The van der Waals surface area contributed by atoms with Crippen LogP contribution in [0.15, 0.2) is 24.3 Å². The number of allylic oxidation sites excluding steroid dienone is 3. The van der Waals surface area contributed by atoms with Gasteiger partial charge in [-0.1, -0.05) is 76.2 Å². The number of carboxylic acids is 1. The summed E-state index contributed by atoms with van der Waals surface area (Å²) < 4.78 is 11.6. The van der Waals surface area contributed by atoms with Crippen molar-refractivity contribution in [1.82, 2.24) is 0 Å². The fraction of sp³-hybridized carbons (Fsp3) is 0.792. The Bertz CT molecular complexity index is 485. The van der Waals surface area contributed by atoms with Crippen molar-refractivity contribution in [3.8, 4) is 0 Å². The Balaban J connectivity index is 1.37. The zero-order chi connectivity index (χ0) is 20.0. The Morgan fingerprint density at radius 2 is 1.50 bits per heavy atom. The Morgan fingerprint density at radius 1 is 0.821 bits per heavy atom. The molecule has 0 bridgehead atoms. The van der Waals surface area contributed by atoms with Gasteiger partial charge < -0.3 is 14.6 Å². The molecule has 2 aliphatic rings. The Labute approximate surface area is 171 Å². The smallest absolute Gasteiger partial charge is 0.303 e. The highest BCUT2D eigenvalue weighted by molar-refractivity contribution is 5.66. The molecule has 2 rings (SSSR count). The minimum Gasteiger partial charge on any atom is -0.481 e. The van der Waals surface area contributed by atoms with Gasteiger partial charge >= 0.3 is 5.97 Å². The lowest BCUT2D eigenvalue weighted by Gasteiger charge is -1.99. The van der Waals surface area contributed by atoms with Crippen LogP contribution in [-0.4, -0.2) is 35.5 Å². The van der Waals surface area contributed by atoms with Crippen LogP contribution in [0.2, 0.25) is 0 Å². The van der Waals surface area contributed by atoms with E-state index in [0.29, 0.717) is 24.4 Å². The summed E-state index contributed by atoms with van der Waals surface area (Å²) in [6.07, 6.45) is 25.9. The van der Waals surface area contributed by atoms with Crippen LogP contribution in [0.3, 0.4) is 0 Å². The van der Waals surface area contributed by atoms with Gasteiger partial charge in [0.15, 0.2) is 0 Å². The van der Waals surface area contributed by atoms with Crippen molar-refractivity contribution >= 4 is 5.97 Å². The van der Waals surface area contributed by atoms with Gasteiger partial charge in [-0.15, -0.1) is 0 Å². The summed E-state index contributed by atoms with van der Waals surface area (Å²) in [5, 5.41) is 8.57. The molecule has 2 fully saturated rings. The first-order valence-electron chi connectivity index (χ1n) is 11.5. The number of rotatable bonds is 18. The van der Waals surface area contributed by atoms with Crippen LogP contribution in [0, 0.1) is 0 Å². The highest BCUT2D eigenvalue weighted by atomic mass is 16.6. The van der Waals surface area contributed by atoms with Crippen molar-refractivity contribution in [2.24, 2.45) is 0 Å². The summed E-state index contributed by atoms with van der Waals surface area (Å²) in [6, 6.07) is 0. The third-order valence-corrected chi connectivity index (χ3v) is 5.67. The first-order valence-corrected chi connectivity index (χ1v) is 11.5. The van der Waals surface area contributed by atoms with Crippen LogP contribution >= 0.6 is 0 Å². The fourth-order valence-electron chi connectivity index (χ4n) is 3.76. The zero-order valence-corrected chi connectivity index (χ0v) is 17.7. The molecule has 4 atom stereocenters. The first-order chi connectivity index (χ1) is 13.7. The van der Waals surface area contributed by atoms with E-state index >= 15 is 0 Å². The summed E-state index contributed by atoms with van der Waals surface area (Å²) >= 11 is 0. The lowest BCUT2D eigenvalue weighted by molar-refractivity contribution is -0.137. The Morgan fingerprint density at radius 3 is 2.29 bits per heavy atom. The molecule has 2 aliphatic heterocycles. The Hall–Kier alpha value is -1.13. The van der Waals surface area contributed by atoms with E-state index in [2.05, 4.69) is 31.2 Å². The number of unbranched alkanes of at least 4 members (excludes halogenated alkanes) is 7. The molecule has 4 unspecified atom stereocenters. The molecule has 4 nitrogen and oxygen atoms in total. The second kappa shape index (κ2) is 13.9. The minimum atomic E-state index is -0.715. The van der Waals surface area contributed by atoms with E-state index in [1.54, 1.807) is 0 Å². The average molecular weight is 393 g/mol.